The van der Waals surface area contributed by atoms with Gasteiger partial charge in [0, 0.05) is 37.6 Å². The Morgan fingerprint density at radius 3 is 2.86 bits per heavy atom. The van der Waals surface area contributed by atoms with E-state index >= 15 is 0 Å². The van der Waals surface area contributed by atoms with Crippen LogP contribution in [0.2, 0.25) is 5.02 Å². The molecular weight excluding hydrogens is 329 g/mol. The molecule has 1 atom stereocenters. The standard InChI is InChI=1S/C14H13ClFN3O2S/c15-12-2-1-11(16)7-14(12)22(20,21)19-6-3-10(9-19)13-8-17-4-5-18-13/h1-2,4-5,7-8,10H,3,6,9H2. The number of halogens is 2. The summed E-state index contributed by atoms with van der Waals surface area (Å²) in [7, 11) is -3.82. The fraction of sp³-hybridized carbons (Fsp3) is 0.286. The molecule has 0 aliphatic carbocycles. The first-order chi connectivity index (χ1) is 10.5. The molecule has 1 aromatic heterocycles. The number of aromatic nitrogens is 2. The van der Waals surface area contributed by atoms with Crippen LogP contribution in [0.5, 0.6) is 0 Å². The first kappa shape index (κ1) is 15.3. The average molecular weight is 342 g/mol. The third-order valence-corrected chi connectivity index (χ3v) is 6.01. The van der Waals surface area contributed by atoms with Gasteiger partial charge in [-0.2, -0.15) is 4.31 Å². The third kappa shape index (κ3) is 2.84. The van der Waals surface area contributed by atoms with Crippen molar-refractivity contribution in [3.8, 4) is 0 Å². The zero-order chi connectivity index (χ0) is 15.7. The van der Waals surface area contributed by atoms with Crippen molar-refractivity contribution in [1.82, 2.24) is 14.3 Å². The first-order valence-electron chi connectivity index (χ1n) is 6.69. The number of hydrogen-bond donors (Lipinski definition) is 0. The molecule has 22 heavy (non-hydrogen) atoms. The third-order valence-electron chi connectivity index (χ3n) is 3.66. The molecule has 0 radical (unpaired) electrons. The Hall–Kier alpha value is -1.57. The minimum absolute atomic E-state index is 0.0178. The van der Waals surface area contributed by atoms with E-state index in [1.165, 1.54) is 10.4 Å². The predicted octanol–water partition coefficient (Wildman–Crippen LogP) is 2.45. The molecule has 0 spiro atoms. The fourth-order valence-corrected chi connectivity index (χ4v) is 4.51. The lowest BCUT2D eigenvalue weighted by molar-refractivity contribution is 0.471. The molecule has 1 saturated heterocycles. The molecule has 0 saturated carbocycles. The van der Waals surface area contributed by atoms with Crippen molar-refractivity contribution in [1.29, 1.82) is 0 Å². The van der Waals surface area contributed by atoms with Crippen molar-refractivity contribution in [3.63, 3.8) is 0 Å². The summed E-state index contributed by atoms with van der Waals surface area (Å²) in [5.41, 5.74) is 0.755. The molecule has 5 nitrogen and oxygen atoms in total. The summed E-state index contributed by atoms with van der Waals surface area (Å²) in [6.07, 6.45) is 5.43. The Balaban J connectivity index is 1.87. The number of sulfonamides is 1. The SMILES string of the molecule is O=S(=O)(c1cc(F)ccc1Cl)N1CCC(c2cnccn2)C1. The highest BCUT2D eigenvalue weighted by atomic mass is 35.5. The second-order valence-electron chi connectivity index (χ2n) is 5.05. The van der Waals surface area contributed by atoms with E-state index in [4.69, 9.17) is 11.6 Å². The van der Waals surface area contributed by atoms with E-state index in [2.05, 4.69) is 9.97 Å². The van der Waals surface area contributed by atoms with E-state index in [0.29, 0.717) is 13.0 Å². The lowest BCUT2D eigenvalue weighted by atomic mass is 10.1. The molecule has 0 amide bonds. The van der Waals surface area contributed by atoms with Gasteiger partial charge in [0.25, 0.3) is 0 Å². The Labute approximate surface area is 132 Å². The zero-order valence-electron chi connectivity index (χ0n) is 11.5. The van der Waals surface area contributed by atoms with E-state index in [1.54, 1.807) is 18.6 Å². The maximum absolute atomic E-state index is 13.3. The Kier molecular flexibility index (Phi) is 4.12. The van der Waals surface area contributed by atoms with E-state index < -0.39 is 15.8 Å². The topological polar surface area (TPSA) is 63.2 Å². The Morgan fingerprint density at radius 1 is 1.32 bits per heavy atom. The highest BCUT2D eigenvalue weighted by Crippen LogP contribution is 2.32. The molecule has 1 aliphatic rings. The van der Waals surface area contributed by atoms with Gasteiger partial charge in [0.2, 0.25) is 10.0 Å². The van der Waals surface area contributed by atoms with Crippen molar-refractivity contribution < 1.29 is 12.8 Å². The van der Waals surface area contributed by atoms with Gasteiger partial charge in [0.1, 0.15) is 10.7 Å². The molecule has 1 aliphatic heterocycles. The first-order valence-corrected chi connectivity index (χ1v) is 8.51. The summed E-state index contributed by atoms with van der Waals surface area (Å²) in [4.78, 5) is 8.01. The summed E-state index contributed by atoms with van der Waals surface area (Å²) in [6.45, 7) is 0.629. The average Bonchev–Trinajstić information content (AvgIpc) is 3.01. The van der Waals surface area contributed by atoms with Gasteiger partial charge in [0.05, 0.1) is 10.7 Å². The molecule has 1 unspecified atom stereocenters. The number of rotatable bonds is 3. The highest BCUT2D eigenvalue weighted by Gasteiger charge is 2.35. The van der Waals surface area contributed by atoms with Gasteiger partial charge in [-0.1, -0.05) is 11.6 Å². The molecule has 0 N–H and O–H groups in total. The van der Waals surface area contributed by atoms with Crippen LogP contribution >= 0.6 is 11.6 Å². The molecule has 116 valence electrons. The van der Waals surface area contributed by atoms with Crippen LogP contribution in [0.15, 0.2) is 41.7 Å². The summed E-state index contributed by atoms with van der Waals surface area (Å²) in [5, 5.41) is 0.0179. The minimum atomic E-state index is -3.82. The number of nitrogens with zero attached hydrogens (tertiary/aromatic N) is 3. The summed E-state index contributed by atoms with van der Waals surface area (Å²) >= 11 is 5.92. The van der Waals surface area contributed by atoms with Crippen molar-refractivity contribution >= 4 is 21.6 Å². The second kappa shape index (κ2) is 5.91. The minimum Gasteiger partial charge on any atom is -0.261 e. The van der Waals surface area contributed by atoms with Gasteiger partial charge in [-0.15, -0.1) is 0 Å². The monoisotopic (exact) mass is 341 g/mol. The van der Waals surface area contributed by atoms with Crippen molar-refractivity contribution in [3.05, 3.63) is 53.3 Å². The van der Waals surface area contributed by atoms with Crippen LogP contribution in [0.25, 0.3) is 0 Å². The van der Waals surface area contributed by atoms with Crippen LogP contribution in [0, 0.1) is 5.82 Å². The summed E-state index contributed by atoms with van der Waals surface area (Å²) < 4.78 is 39.9. The largest absolute Gasteiger partial charge is 0.261 e. The van der Waals surface area contributed by atoms with Gasteiger partial charge in [-0.05, 0) is 24.6 Å². The van der Waals surface area contributed by atoms with Gasteiger partial charge in [0.15, 0.2) is 0 Å². The van der Waals surface area contributed by atoms with Crippen molar-refractivity contribution in [2.24, 2.45) is 0 Å². The molecule has 2 aromatic rings. The van der Waals surface area contributed by atoms with Crippen LogP contribution in [0.4, 0.5) is 4.39 Å². The second-order valence-corrected chi connectivity index (χ2v) is 7.37. The van der Waals surface area contributed by atoms with Gasteiger partial charge >= 0.3 is 0 Å². The fourth-order valence-electron chi connectivity index (χ4n) is 2.52. The van der Waals surface area contributed by atoms with E-state index in [9.17, 15) is 12.8 Å². The summed E-state index contributed by atoms with van der Waals surface area (Å²) in [5.74, 6) is -0.650. The van der Waals surface area contributed by atoms with E-state index in [1.807, 2.05) is 0 Å². The van der Waals surface area contributed by atoms with Crippen LogP contribution in [0.3, 0.4) is 0 Å². The van der Waals surface area contributed by atoms with E-state index in [0.717, 1.165) is 17.8 Å². The Bertz CT molecular complexity index is 786. The quantitative estimate of drug-likeness (QED) is 0.860. The summed E-state index contributed by atoms with van der Waals surface area (Å²) in [6, 6.07) is 3.33. The maximum atomic E-state index is 13.3. The van der Waals surface area contributed by atoms with Crippen molar-refractivity contribution in [2.75, 3.05) is 13.1 Å². The molecule has 1 fully saturated rings. The lowest BCUT2D eigenvalue weighted by Crippen LogP contribution is -2.29. The van der Waals surface area contributed by atoms with E-state index in [-0.39, 0.29) is 22.4 Å². The highest BCUT2D eigenvalue weighted by molar-refractivity contribution is 7.89. The molecule has 2 heterocycles. The molecule has 1 aromatic carbocycles. The van der Waals surface area contributed by atoms with Crippen LogP contribution in [0.1, 0.15) is 18.0 Å². The molecular formula is C14H13ClFN3O2S. The molecule has 3 rings (SSSR count). The zero-order valence-corrected chi connectivity index (χ0v) is 13.1. The smallest absolute Gasteiger partial charge is 0.244 e. The van der Waals surface area contributed by atoms with Gasteiger partial charge in [-0.3, -0.25) is 9.97 Å². The maximum Gasteiger partial charge on any atom is 0.244 e. The van der Waals surface area contributed by atoms with Crippen LogP contribution < -0.4 is 0 Å². The number of hydrogen-bond acceptors (Lipinski definition) is 4. The van der Waals surface area contributed by atoms with Crippen LogP contribution in [-0.2, 0) is 10.0 Å². The van der Waals surface area contributed by atoms with Crippen molar-refractivity contribution in [2.45, 2.75) is 17.2 Å². The molecule has 0 bridgehead atoms. The normalized spacial score (nSPS) is 19.5. The van der Waals surface area contributed by atoms with Crippen LogP contribution in [-0.4, -0.2) is 35.8 Å². The molecule has 8 heteroatoms. The Morgan fingerprint density at radius 2 is 2.14 bits per heavy atom. The van der Waals surface area contributed by atoms with Gasteiger partial charge < -0.3 is 0 Å². The van der Waals surface area contributed by atoms with Gasteiger partial charge in [-0.25, -0.2) is 12.8 Å². The lowest BCUT2D eigenvalue weighted by Gasteiger charge is -2.17. The predicted molar refractivity (Wildman–Crippen MR) is 79.6 cm³/mol. The number of benzene rings is 1.